The molecule has 0 spiro atoms. The summed E-state index contributed by atoms with van der Waals surface area (Å²) in [6.07, 6.45) is 0.245. The zero-order chi connectivity index (χ0) is 17.3. The summed E-state index contributed by atoms with van der Waals surface area (Å²) in [6.45, 7) is 4.44. The number of anilines is 2. The molecule has 24 heavy (non-hydrogen) atoms. The normalized spacial score (nSPS) is 17.2. The first-order valence-corrected chi connectivity index (χ1v) is 8.67. The van der Waals surface area contributed by atoms with Crippen LogP contribution in [0.1, 0.15) is 17.5 Å². The number of hydrogen-bond donors (Lipinski definition) is 1. The third kappa shape index (κ3) is 3.67. The largest absolute Gasteiger partial charge is 0.326 e. The van der Waals surface area contributed by atoms with Gasteiger partial charge in [0.1, 0.15) is 0 Å². The molecule has 0 aromatic heterocycles. The lowest BCUT2D eigenvalue weighted by Gasteiger charge is -2.18. The summed E-state index contributed by atoms with van der Waals surface area (Å²) in [6, 6.07) is 13.5. The smallest absolute Gasteiger partial charge is 0.229 e. The maximum absolute atomic E-state index is 12.5. The Bertz CT molecular complexity index is 766. The van der Waals surface area contributed by atoms with Gasteiger partial charge in [-0.1, -0.05) is 22.0 Å². The monoisotopic (exact) mass is 386 g/mol. The lowest BCUT2D eigenvalue weighted by molar-refractivity contribution is -0.122. The lowest BCUT2D eigenvalue weighted by atomic mass is 10.1. The average molecular weight is 387 g/mol. The molecule has 2 aromatic rings. The van der Waals surface area contributed by atoms with E-state index in [2.05, 4.69) is 27.3 Å². The molecule has 2 aromatic carbocycles. The van der Waals surface area contributed by atoms with E-state index in [1.807, 2.05) is 50.2 Å². The Kier molecular flexibility index (Phi) is 4.71. The van der Waals surface area contributed by atoms with E-state index < -0.39 is 0 Å². The number of hydrogen-bond acceptors (Lipinski definition) is 2. The Morgan fingerprint density at radius 3 is 2.38 bits per heavy atom. The summed E-state index contributed by atoms with van der Waals surface area (Å²) < 4.78 is 0.956. The van der Waals surface area contributed by atoms with Crippen LogP contribution in [0.15, 0.2) is 46.9 Å². The van der Waals surface area contributed by atoms with Crippen molar-refractivity contribution in [2.45, 2.75) is 20.3 Å². The van der Waals surface area contributed by atoms with Crippen molar-refractivity contribution in [1.82, 2.24) is 0 Å². The van der Waals surface area contributed by atoms with Crippen LogP contribution in [0, 0.1) is 19.8 Å². The maximum atomic E-state index is 12.5. The summed E-state index contributed by atoms with van der Waals surface area (Å²) in [5.41, 5.74) is 3.83. The van der Waals surface area contributed by atoms with Crippen molar-refractivity contribution in [2.75, 3.05) is 16.8 Å². The predicted octanol–water partition coefficient (Wildman–Crippen LogP) is 4.06. The first-order valence-electron chi connectivity index (χ1n) is 7.87. The van der Waals surface area contributed by atoms with Gasteiger partial charge in [0.25, 0.3) is 0 Å². The minimum Gasteiger partial charge on any atom is -0.326 e. The van der Waals surface area contributed by atoms with Gasteiger partial charge in [0.2, 0.25) is 11.8 Å². The summed E-state index contributed by atoms with van der Waals surface area (Å²) >= 11 is 3.37. The summed E-state index contributed by atoms with van der Waals surface area (Å²) in [7, 11) is 0. The molecule has 124 valence electrons. The average Bonchev–Trinajstić information content (AvgIpc) is 2.91. The van der Waals surface area contributed by atoms with E-state index >= 15 is 0 Å². The van der Waals surface area contributed by atoms with Crippen molar-refractivity contribution in [1.29, 1.82) is 0 Å². The fourth-order valence-electron chi connectivity index (χ4n) is 3.02. The van der Waals surface area contributed by atoms with Gasteiger partial charge < -0.3 is 10.2 Å². The number of carbonyl (C=O) groups is 2. The van der Waals surface area contributed by atoms with Gasteiger partial charge in [-0.15, -0.1) is 0 Å². The van der Waals surface area contributed by atoms with Crippen LogP contribution in [0.2, 0.25) is 0 Å². The van der Waals surface area contributed by atoms with Crippen molar-refractivity contribution in [3.05, 3.63) is 58.1 Å². The molecule has 1 saturated heterocycles. The molecule has 1 atom stereocenters. The molecule has 0 radical (unpaired) electrons. The van der Waals surface area contributed by atoms with Crippen LogP contribution in [0.3, 0.4) is 0 Å². The molecule has 1 N–H and O–H groups in total. The predicted molar refractivity (Wildman–Crippen MR) is 99.1 cm³/mol. The maximum Gasteiger partial charge on any atom is 0.229 e. The zero-order valence-corrected chi connectivity index (χ0v) is 15.3. The minimum absolute atomic E-state index is 0.00374. The number of nitrogens with one attached hydrogen (secondary N) is 1. The van der Waals surface area contributed by atoms with Crippen molar-refractivity contribution in [2.24, 2.45) is 5.92 Å². The number of nitrogens with zero attached hydrogens (tertiary/aromatic N) is 1. The minimum atomic E-state index is -0.332. The first-order chi connectivity index (χ1) is 11.4. The second-order valence-electron chi connectivity index (χ2n) is 6.25. The SMILES string of the molecule is Cc1cc(C)cc(N2CC(C(=O)Nc3ccc(Br)cc3)CC2=O)c1. The highest BCUT2D eigenvalue weighted by Crippen LogP contribution is 2.28. The third-order valence-electron chi connectivity index (χ3n) is 4.13. The molecule has 4 nitrogen and oxygen atoms in total. The van der Waals surface area contributed by atoms with Gasteiger partial charge in [-0.2, -0.15) is 0 Å². The van der Waals surface area contributed by atoms with Crippen molar-refractivity contribution in [3.8, 4) is 0 Å². The summed E-state index contributed by atoms with van der Waals surface area (Å²) in [5, 5.41) is 2.89. The molecule has 1 aliphatic heterocycles. The van der Waals surface area contributed by atoms with E-state index in [0.29, 0.717) is 6.54 Å². The Morgan fingerprint density at radius 1 is 1.12 bits per heavy atom. The molecule has 1 fully saturated rings. The van der Waals surface area contributed by atoms with Crippen LogP contribution in [0.4, 0.5) is 11.4 Å². The fraction of sp³-hybridized carbons (Fsp3) is 0.263. The number of halogens is 1. The quantitative estimate of drug-likeness (QED) is 0.864. The van der Waals surface area contributed by atoms with Crippen LogP contribution in [0.25, 0.3) is 0 Å². The van der Waals surface area contributed by atoms with E-state index in [0.717, 1.165) is 27.0 Å². The molecule has 2 amide bonds. The van der Waals surface area contributed by atoms with E-state index in [9.17, 15) is 9.59 Å². The molecular weight excluding hydrogens is 368 g/mol. The Hall–Kier alpha value is -2.14. The number of amides is 2. The van der Waals surface area contributed by atoms with Crippen LogP contribution in [-0.2, 0) is 9.59 Å². The molecule has 0 bridgehead atoms. The van der Waals surface area contributed by atoms with Gasteiger partial charge in [0.15, 0.2) is 0 Å². The van der Waals surface area contributed by atoms with Crippen LogP contribution in [-0.4, -0.2) is 18.4 Å². The summed E-state index contributed by atoms with van der Waals surface area (Å²) in [5.74, 6) is -0.449. The van der Waals surface area contributed by atoms with Gasteiger partial charge in [0, 0.05) is 28.8 Å². The first kappa shape index (κ1) is 16.7. The van der Waals surface area contributed by atoms with E-state index in [1.54, 1.807) is 4.90 Å². The molecule has 1 unspecified atom stereocenters. The fourth-order valence-corrected chi connectivity index (χ4v) is 3.28. The van der Waals surface area contributed by atoms with Gasteiger partial charge in [-0.05, 0) is 61.4 Å². The summed E-state index contributed by atoms with van der Waals surface area (Å²) in [4.78, 5) is 26.5. The number of aryl methyl sites for hydroxylation is 2. The second-order valence-corrected chi connectivity index (χ2v) is 7.16. The zero-order valence-electron chi connectivity index (χ0n) is 13.7. The highest BCUT2D eigenvalue weighted by Gasteiger charge is 2.35. The van der Waals surface area contributed by atoms with Gasteiger partial charge in [-0.25, -0.2) is 0 Å². The molecule has 5 heteroatoms. The lowest BCUT2D eigenvalue weighted by Crippen LogP contribution is -2.28. The molecule has 0 aliphatic carbocycles. The van der Waals surface area contributed by atoms with E-state index in [1.165, 1.54) is 0 Å². The number of benzene rings is 2. The Labute approximate surface area is 150 Å². The molecule has 0 saturated carbocycles. The molecular formula is C19H19BrN2O2. The molecule has 1 aliphatic rings. The highest BCUT2D eigenvalue weighted by molar-refractivity contribution is 9.10. The van der Waals surface area contributed by atoms with E-state index in [4.69, 9.17) is 0 Å². The topological polar surface area (TPSA) is 49.4 Å². The third-order valence-corrected chi connectivity index (χ3v) is 4.65. The Morgan fingerprint density at radius 2 is 1.75 bits per heavy atom. The Balaban J connectivity index is 1.71. The highest BCUT2D eigenvalue weighted by atomic mass is 79.9. The number of carbonyl (C=O) groups excluding carboxylic acids is 2. The number of rotatable bonds is 3. The van der Waals surface area contributed by atoms with Gasteiger partial charge >= 0.3 is 0 Å². The molecule has 1 heterocycles. The van der Waals surface area contributed by atoms with Gasteiger partial charge in [-0.3, -0.25) is 9.59 Å². The van der Waals surface area contributed by atoms with Gasteiger partial charge in [0.05, 0.1) is 5.92 Å². The van der Waals surface area contributed by atoms with E-state index in [-0.39, 0.29) is 24.2 Å². The van der Waals surface area contributed by atoms with Crippen molar-refractivity contribution < 1.29 is 9.59 Å². The second kappa shape index (κ2) is 6.77. The van der Waals surface area contributed by atoms with Crippen LogP contribution < -0.4 is 10.2 Å². The molecule has 3 rings (SSSR count). The standard InChI is InChI=1S/C19H19BrN2O2/c1-12-7-13(2)9-17(8-12)22-11-14(10-18(22)23)19(24)21-16-5-3-15(20)4-6-16/h3-9,14H,10-11H2,1-2H3,(H,21,24). The van der Waals surface area contributed by atoms with Crippen molar-refractivity contribution in [3.63, 3.8) is 0 Å². The van der Waals surface area contributed by atoms with Crippen LogP contribution in [0.5, 0.6) is 0 Å². The van der Waals surface area contributed by atoms with Crippen LogP contribution >= 0.6 is 15.9 Å². The van der Waals surface area contributed by atoms with Crippen molar-refractivity contribution >= 4 is 39.1 Å².